The standard InChI is InChI=1S/C28H31BrN4O6S/c1-3-33-26-7-5-21(40(36,37)32-9-12-39-13-10-32)16-23(26)24(28(33)35)14-19-17-31(18-27(34)30-8-11-38-2)25-6-4-20(29)15-22(19)25/h4-7,14-17H,3,8-13,18H2,1-2H3,(H,30,34). The van der Waals surface area contributed by atoms with Crippen LogP contribution < -0.4 is 10.2 Å². The molecule has 0 unspecified atom stereocenters. The van der Waals surface area contributed by atoms with Crippen molar-refractivity contribution in [3.8, 4) is 0 Å². The number of carbonyl (C=O) groups excluding carboxylic acids is 2. The van der Waals surface area contributed by atoms with Gasteiger partial charge in [0.2, 0.25) is 15.9 Å². The van der Waals surface area contributed by atoms with Crippen LogP contribution in [0.1, 0.15) is 18.1 Å². The van der Waals surface area contributed by atoms with Crippen LogP contribution in [0.4, 0.5) is 5.69 Å². The molecule has 1 fully saturated rings. The van der Waals surface area contributed by atoms with Gasteiger partial charge in [-0.25, -0.2) is 8.42 Å². The molecule has 0 spiro atoms. The van der Waals surface area contributed by atoms with E-state index >= 15 is 0 Å². The van der Waals surface area contributed by atoms with E-state index in [1.165, 1.54) is 4.31 Å². The van der Waals surface area contributed by atoms with E-state index in [4.69, 9.17) is 9.47 Å². The van der Waals surface area contributed by atoms with Crippen molar-refractivity contribution in [2.45, 2.75) is 18.4 Å². The van der Waals surface area contributed by atoms with Gasteiger partial charge < -0.3 is 24.3 Å². The van der Waals surface area contributed by atoms with E-state index in [1.54, 1.807) is 36.3 Å². The molecule has 1 aromatic heterocycles. The second kappa shape index (κ2) is 11.8. The minimum Gasteiger partial charge on any atom is -0.383 e. The van der Waals surface area contributed by atoms with Crippen LogP contribution in [0.15, 0.2) is 52.0 Å². The van der Waals surface area contributed by atoms with Gasteiger partial charge in [-0.05, 0) is 49.4 Å². The number of sulfonamides is 1. The monoisotopic (exact) mass is 630 g/mol. The number of anilines is 1. The van der Waals surface area contributed by atoms with Crippen LogP contribution in [0.5, 0.6) is 0 Å². The van der Waals surface area contributed by atoms with E-state index < -0.39 is 10.0 Å². The number of nitrogens with one attached hydrogen (secondary N) is 1. The number of hydrogen-bond acceptors (Lipinski definition) is 6. The molecular formula is C28H31BrN4O6S. The van der Waals surface area contributed by atoms with E-state index in [1.807, 2.05) is 35.9 Å². The average molecular weight is 632 g/mol. The highest BCUT2D eigenvalue weighted by atomic mass is 79.9. The zero-order valence-corrected chi connectivity index (χ0v) is 24.8. The summed E-state index contributed by atoms with van der Waals surface area (Å²) >= 11 is 3.53. The highest BCUT2D eigenvalue weighted by Crippen LogP contribution is 2.40. The van der Waals surface area contributed by atoms with Crippen LogP contribution >= 0.6 is 15.9 Å². The minimum atomic E-state index is -3.75. The Morgan fingerprint density at radius 3 is 2.67 bits per heavy atom. The number of methoxy groups -OCH3 is 1. The van der Waals surface area contributed by atoms with E-state index in [2.05, 4.69) is 21.2 Å². The van der Waals surface area contributed by atoms with Crippen LogP contribution in [-0.2, 0) is 35.6 Å². The fourth-order valence-corrected chi connectivity index (χ4v) is 6.88. The summed E-state index contributed by atoms with van der Waals surface area (Å²) in [7, 11) is -2.17. The summed E-state index contributed by atoms with van der Waals surface area (Å²) in [5, 5.41) is 3.69. The summed E-state index contributed by atoms with van der Waals surface area (Å²) in [6, 6.07) is 10.6. The van der Waals surface area contributed by atoms with E-state index in [-0.39, 0.29) is 36.3 Å². The van der Waals surface area contributed by atoms with Crippen LogP contribution in [-0.4, -0.2) is 82.2 Å². The first-order valence-corrected chi connectivity index (χ1v) is 15.3. The number of aromatic nitrogens is 1. The molecule has 1 N–H and O–H groups in total. The van der Waals surface area contributed by atoms with E-state index in [9.17, 15) is 18.0 Å². The number of nitrogens with zero attached hydrogens (tertiary/aromatic N) is 3. The first-order chi connectivity index (χ1) is 19.2. The maximum atomic E-state index is 13.6. The second-order valence-electron chi connectivity index (χ2n) is 9.52. The van der Waals surface area contributed by atoms with Crippen molar-refractivity contribution in [3.05, 3.63) is 58.2 Å². The SMILES string of the molecule is CCN1C(=O)C(=Cc2cn(CC(=O)NCCOC)c3ccc(Br)cc23)c2cc(S(=O)(=O)N3CCOCC3)ccc21. The molecular weight excluding hydrogens is 600 g/mol. The Labute approximate surface area is 241 Å². The molecule has 3 aromatic rings. The number of benzene rings is 2. The molecule has 10 nitrogen and oxygen atoms in total. The third-order valence-electron chi connectivity index (χ3n) is 7.06. The van der Waals surface area contributed by atoms with Crippen molar-refractivity contribution in [2.75, 3.05) is 58.0 Å². The fraction of sp³-hybridized carbons (Fsp3) is 0.357. The van der Waals surface area contributed by atoms with Crippen LogP contribution in [0.2, 0.25) is 0 Å². The number of morpholine rings is 1. The van der Waals surface area contributed by atoms with Gasteiger partial charge in [0, 0.05) is 71.6 Å². The fourth-order valence-electron chi connectivity index (χ4n) is 5.09. The molecule has 1 saturated heterocycles. The Kier molecular flexibility index (Phi) is 8.43. The Morgan fingerprint density at radius 1 is 1.18 bits per heavy atom. The van der Waals surface area contributed by atoms with Crippen molar-refractivity contribution in [1.82, 2.24) is 14.2 Å². The average Bonchev–Trinajstić information content (AvgIpc) is 3.42. The highest BCUT2D eigenvalue weighted by molar-refractivity contribution is 9.10. The van der Waals surface area contributed by atoms with Gasteiger partial charge in [0.1, 0.15) is 6.54 Å². The summed E-state index contributed by atoms with van der Waals surface area (Å²) < 4.78 is 41.2. The molecule has 2 aliphatic rings. The van der Waals surface area contributed by atoms with Crippen LogP contribution in [0.3, 0.4) is 0 Å². The van der Waals surface area contributed by atoms with Crippen molar-refractivity contribution >= 4 is 66.0 Å². The lowest BCUT2D eigenvalue weighted by Crippen LogP contribution is -2.40. The summed E-state index contributed by atoms with van der Waals surface area (Å²) in [5.41, 5.74) is 3.21. The topological polar surface area (TPSA) is 110 Å². The van der Waals surface area contributed by atoms with Crippen LogP contribution in [0, 0.1) is 0 Å². The predicted octanol–water partition coefficient (Wildman–Crippen LogP) is 3.09. The Morgan fingerprint density at radius 2 is 1.95 bits per heavy atom. The van der Waals surface area contributed by atoms with Gasteiger partial charge in [-0.3, -0.25) is 9.59 Å². The Hall–Kier alpha value is -3.03. The van der Waals surface area contributed by atoms with E-state index in [0.29, 0.717) is 49.7 Å². The lowest BCUT2D eigenvalue weighted by atomic mass is 10.0. The van der Waals surface area contributed by atoms with Gasteiger partial charge in [0.25, 0.3) is 5.91 Å². The maximum absolute atomic E-state index is 13.6. The molecule has 5 rings (SSSR count). The van der Waals surface area contributed by atoms with Gasteiger partial charge in [-0.15, -0.1) is 0 Å². The largest absolute Gasteiger partial charge is 0.383 e. The van der Waals surface area contributed by atoms with Crippen LogP contribution in [0.25, 0.3) is 22.6 Å². The van der Waals surface area contributed by atoms with Gasteiger partial charge in [-0.1, -0.05) is 15.9 Å². The molecule has 2 aliphatic heterocycles. The number of likely N-dealkylation sites (N-methyl/N-ethyl adjacent to an activating group) is 1. The summed E-state index contributed by atoms with van der Waals surface area (Å²) in [6.45, 7) is 4.51. The number of fused-ring (bicyclic) bond motifs is 2. The van der Waals surface area contributed by atoms with Crippen molar-refractivity contribution < 1.29 is 27.5 Å². The lowest BCUT2D eigenvalue weighted by molar-refractivity contribution is -0.121. The number of rotatable bonds is 9. The van der Waals surface area contributed by atoms with E-state index in [0.717, 1.165) is 20.9 Å². The van der Waals surface area contributed by atoms with Gasteiger partial charge in [-0.2, -0.15) is 4.31 Å². The number of ether oxygens (including phenoxy) is 2. The Bertz CT molecular complexity index is 1590. The molecule has 212 valence electrons. The predicted molar refractivity (Wildman–Crippen MR) is 156 cm³/mol. The molecule has 0 saturated carbocycles. The first kappa shape index (κ1) is 28.5. The number of carbonyl (C=O) groups is 2. The minimum absolute atomic E-state index is 0.0958. The summed E-state index contributed by atoms with van der Waals surface area (Å²) in [4.78, 5) is 27.9. The third kappa shape index (κ3) is 5.46. The smallest absolute Gasteiger partial charge is 0.258 e. The molecule has 40 heavy (non-hydrogen) atoms. The van der Waals surface area contributed by atoms with Crippen molar-refractivity contribution in [1.29, 1.82) is 0 Å². The third-order valence-corrected chi connectivity index (χ3v) is 9.45. The highest BCUT2D eigenvalue weighted by Gasteiger charge is 2.34. The van der Waals surface area contributed by atoms with Gasteiger partial charge in [0.15, 0.2) is 0 Å². The Balaban J connectivity index is 1.57. The second-order valence-corrected chi connectivity index (χ2v) is 12.4. The number of amides is 2. The molecule has 0 aliphatic carbocycles. The molecule has 2 aromatic carbocycles. The first-order valence-electron chi connectivity index (χ1n) is 13.0. The maximum Gasteiger partial charge on any atom is 0.258 e. The lowest BCUT2D eigenvalue weighted by Gasteiger charge is -2.26. The summed E-state index contributed by atoms with van der Waals surface area (Å²) in [5.74, 6) is -0.361. The molecule has 12 heteroatoms. The molecule has 0 atom stereocenters. The quantitative estimate of drug-likeness (QED) is 0.287. The van der Waals surface area contributed by atoms with Gasteiger partial charge >= 0.3 is 0 Å². The molecule has 0 radical (unpaired) electrons. The number of hydrogen-bond donors (Lipinski definition) is 1. The molecule has 0 bridgehead atoms. The molecule has 3 heterocycles. The zero-order valence-electron chi connectivity index (χ0n) is 22.4. The summed E-state index contributed by atoms with van der Waals surface area (Å²) in [6.07, 6.45) is 3.63. The van der Waals surface area contributed by atoms with Crippen molar-refractivity contribution in [3.63, 3.8) is 0 Å². The molecule has 2 amide bonds. The van der Waals surface area contributed by atoms with Crippen molar-refractivity contribution in [2.24, 2.45) is 0 Å². The normalized spacial score (nSPS) is 17.1. The van der Waals surface area contributed by atoms with Gasteiger partial charge in [0.05, 0.1) is 30.4 Å². The number of halogens is 1. The zero-order chi connectivity index (χ0) is 28.4.